The number of carbonyl (C=O) groups excluding carboxylic acids is 1. The number of aldehydes is 1. The Bertz CT molecular complexity index is 104. The van der Waals surface area contributed by atoms with Gasteiger partial charge in [0.05, 0.1) is 0 Å². The van der Waals surface area contributed by atoms with Gasteiger partial charge in [-0.15, -0.1) is 0 Å². The van der Waals surface area contributed by atoms with Gasteiger partial charge in [0, 0.05) is 5.92 Å². The average Bonchev–Trinajstić information content (AvgIpc) is 2.03. The second-order valence-corrected chi connectivity index (χ2v) is 3.22. The van der Waals surface area contributed by atoms with Crippen LogP contribution in [0.3, 0.4) is 0 Å². The number of hydrogen-bond donors (Lipinski definition) is 1. The summed E-state index contributed by atoms with van der Waals surface area (Å²) < 4.78 is 0. The van der Waals surface area contributed by atoms with E-state index < -0.39 is 0 Å². The van der Waals surface area contributed by atoms with Gasteiger partial charge in [-0.05, 0) is 25.3 Å². The number of rotatable bonds is 6. The predicted molar refractivity (Wildman–Crippen MR) is 47.3 cm³/mol. The Labute approximate surface area is 69.2 Å². The van der Waals surface area contributed by atoms with Crippen LogP contribution in [0.1, 0.15) is 33.1 Å². The van der Waals surface area contributed by atoms with Crippen LogP contribution < -0.4 is 5.73 Å². The maximum atomic E-state index is 10.5. The molecule has 0 aromatic rings. The van der Waals surface area contributed by atoms with Crippen molar-refractivity contribution in [2.45, 2.75) is 33.1 Å². The van der Waals surface area contributed by atoms with E-state index in [1.807, 2.05) is 0 Å². The molecule has 0 saturated carbocycles. The van der Waals surface area contributed by atoms with E-state index in [9.17, 15) is 4.79 Å². The molecular formula is C9H19NO. The van der Waals surface area contributed by atoms with Crippen molar-refractivity contribution in [3.63, 3.8) is 0 Å². The van der Waals surface area contributed by atoms with E-state index in [0.717, 1.165) is 25.5 Å². The van der Waals surface area contributed by atoms with Crippen molar-refractivity contribution in [1.82, 2.24) is 0 Å². The fraction of sp³-hybridized carbons (Fsp3) is 0.889. The van der Waals surface area contributed by atoms with Gasteiger partial charge in [-0.2, -0.15) is 0 Å². The fourth-order valence-electron chi connectivity index (χ4n) is 1.14. The van der Waals surface area contributed by atoms with E-state index in [1.54, 1.807) is 0 Å². The summed E-state index contributed by atoms with van der Waals surface area (Å²) in [5, 5.41) is 0. The molecule has 2 N–H and O–H groups in total. The highest BCUT2D eigenvalue weighted by Crippen LogP contribution is 2.15. The summed E-state index contributed by atoms with van der Waals surface area (Å²) >= 11 is 0. The molecule has 0 aliphatic heterocycles. The molecule has 66 valence electrons. The zero-order chi connectivity index (χ0) is 8.69. The monoisotopic (exact) mass is 157 g/mol. The topological polar surface area (TPSA) is 43.1 Å². The van der Waals surface area contributed by atoms with E-state index in [1.165, 1.54) is 0 Å². The van der Waals surface area contributed by atoms with Gasteiger partial charge < -0.3 is 10.5 Å². The molecule has 2 heteroatoms. The summed E-state index contributed by atoms with van der Waals surface area (Å²) in [4.78, 5) is 10.5. The highest BCUT2D eigenvalue weighted by atomic mass is 16.1. The Morgan fingerprint density at radius 1 is 1.55 bits per heavy atom. The van der Waals surface area contributed by atoms with E-state index in [4.69, 9.17) is 5.73 Å². The Morgan fingerprint density at radius 2 is 2.18 bits per heavy atom. The molecule has 0 fully saturated rings. The molecule has 0 aromatic heterocycles. The first kappa shape index (κ1) is 10.6. The van der Waals surface area contributed by atoms with Crippen LogP contribution in [0.15, 0.2) is 0 Å². The molecule has 0 saturated heterocycles. The third-order valence-electron chi connectivity index (χ3n) is 2.13. The smallest absolute Gasteiger partial charge is 0.123 e. The lowest BCUT2D eigenvalue weighted by Crippen LogP contribution is -2.12. The largest absolute Gasteiger partial charge is 0.330 e. The Morgan fingerprint density at radius 3 is 2.55 bits per heavy atom. The molecule has 0 spiro atoms. The van der Waals surface area contributed by atoms with Crippen molar-refractivity contribution in [3.8, 4) is 0 Å². The lowest BCUT2D eigenvalue weighted by Gasteiger charge is -2.13. The summed E-state index contributed by atoms with van der Waals surface area (Å²) in [6, 6.07) is 0. The number of nitrogens with two attached hydrogens (primary N) is 1. The van der Waals surface area contributed by atoms with Crippen LogP contribution in [0.25, 0.3) is 0 Å². The Kier molecular flexibility index (Phi) is 6.13. The van der Waals surface area contributed by atoms with Crippen molar-refractivity contribution in [2.24, 2.45) is 17.6 Å². The van der Waals surface area contributed by atoms with Crippen LogP contribution in [-0.2, 0) is 4.79 Å². The van der Waals surface area contributed by atoms with Crippen molar-refractivity contribution < 1.29 is 4.79 Å². The van der Waals surface area contributed by atoms with Crippen molar-refractivity contribution >= 4 is 6.29 Å². The van der Waals surface area contributed by atoms with Crippen molar-refractivity contribution in [1.29, 1.82) is 0 Å². The minimum Gasteiger partial charge on any atom is -0.330 e. The summed E-state index contributed by atoms with van der Waals surface area (Å²) in [5.41, 5.74) is 5.36. The average molecular weight is 157 g/mol. The summed E-state index contributed by atoms with van der Waals surface area (Å²) in [6.45, 7) is 4.95. The minimum absolute atomic E-state index is 0.190. The molecule has 0 amide bonds. The van der Waals surface area contributed by atoms with Gasteiger partial charge in [0.2, 0.25) is 0 Å². The maximum absolute atomic E-state index is 10.5. The third kappa shape index (κ3) is 4.96. The quantitative estimate of drug-likeness (QED) is 0.595. The van der Waals surface area contributed by atoms with Gasteiger partial charge in [-0.3, -0.25) is 0 Å². The molecule has 2 nitrogen and oxygen atoms in total. The zero-order valence-corrected chi connectivity index (χ0v) is 7.55. The van der Waals surface area contributed by atoms with Gasteiger partial charge in [0.15, 0.2) is 0 Å². The van der Waals surface area contributed by atoms with E-state index in [0.29, 0.717) is 12.5 Å². The number of carbonyl (C=O) groups is 1. The van der Waals surface area contributed by atoms with Gasteiger partial charge in [-0.25, -0.2) is 0 Å². The molecule has 0 heterocycles. The maximum Gasteiger partial charge on any atom is 0.123 e. The first-order valence-electron chi connectivity index (χ1n) is 4.39. The third-order valence-corrected chi connectivity index (χ3v) is 2.13. The van der Waals surface area contributed by atoms with Crippen LogP contribution >= 0.6 is 0 Å². The summed E-state index contributed by atoms with van der Waals surface area (Å²) in [6.07, 6.45) is 4.03. The fourth-order valence-corrected chi connectivity index (χ4v) is 1.14. The van der Waals surface area contributed by atoms with Crippen LogP contribution in [0.4, 0.5) is 0 Å². The van der Waals surface area contributed by atoms with Gasteiger partial charge in [0.1, 0.15) is 6.29 Å². The van der Waals surface area contributed by atoms with E-state index >= 15 is 0 Å². The van der Waals surface area contributed by atoms with Crippen LogP contribution in [0.2, 0.25) is 0 Å². The number of hydrogen-bond acceptors (Lipinski definition) is 2. The zero-order valence-electron chi connectivity index (χ0n) is 7.55. The molecule has 2 atom stereocenters. The minimum atomic E-state index is 0.190. The van der Waals surface area contributed by atoms with E-state index in [-0.39, 0.29) is 5.92 Å². The molecule has 0 radical (unpaired) electrons. The van der Waals surface area contributed by atoms with Gasteiger partial charge in [0.25, 0.3) is 0 Å². The van der Waals surface area contributed by atoms with Crippen LogP contribution in [-0.4, -0.2) is 12.8 Å². The molecule has 0 bridgehead atoms. The highest BCUT2D eigenvalue weighted by Gasteiger charge is 2.09. The molecule has 0 rings (SSSR count). The lowest BCUT2D eigenvalue weighted by molar-refractivity contribution is -0.111. The molecule has 2 unspecified atom stereocenters. The molecule has 0 aliphatic rings. The normalized spacial score (nSPS) is 15.9. The lowest BCUT2D eigenvalue weighted by atomic mass is 9.93. The molecule has 0 aromatic carbocycles. The second kappa shape index (κ2) is 6.35. The first-order chi connectivity index (χ1) is 5.24. The van der Waals surface area contributed by atoms with Crippen molar-refractivity contribution in [2.75, 3.05) is 6.54 Å². The molecular weight excluding hydrogens is 138 g/mol. The Balaban J connectivity index is 3.58. The van der Waals surface area contributed by atoms with Gasteiger partial charge in [-0.1, -0.05) is 20.3 Å². The van der Waals surface area contributed by atoms with Crippen molar-refractivity contribution in [3.05, 3.63) is 0 Å². The summed E-state index contributed by atoms with van der Waals surface area (Å²) in [5.74, 6) is 0.840. The van der Waals surface area contributed by atoms with Crippen LogP contribution in [0, 0.1) is 11.8 Å². The second-order valence-electron chi connectivity index (χ2n) is 3.22. The van der Waals surface area contributed by atoms with Gasteiger partial charge >= 0.3 is 0 Å². The predicted octanol–water partition coefficient (Wildman–Crippen LogP) is 1.59. The highest BCUT2D eigenvalue weighted by molar-refractivity contribution is 5.53. The Hall–Kier alpha value is -0.370. The molecule has 11 heavy (non-hydrogen) atoms. The van der Waals surface area contributed by atoms with E-state index in [2.05, 4.69) is 13.8 Å². The van der Waals surface area contributed by atoms with Crippen LogP contribution in [0.5, 0.6) is 0 Å². The first-order valence-corrected chi connectivity index (χ1v) is 4.39. The molecule has 0 aliphatic carbocycles. The standard InChI is InChI=1S/C9H19NO/c1-3-8(2)6-9(7-11)4-5-10/h7-9H,3-6,10H2,1-2H3. The summed E-state index contributed by atoms with van der Waals surface area (Å²) in [7, 11) is 0. The SMILES string of the molecule is CCC(C)CC(C=O)CCN.